The van der Waals surface area contributed by atoms with Crippen molar-refractivity contribution in [1.82, 2.24) is 25.1 Å². The van der Waals surface area contributed by atoms with E-state index in [4.69, 9.17) is 9.26 Å². The van der Waals surface area contributed by atoms with Gasteiger partial charge in [-0.05, 0) is 55.5 Å². The molecule has 0 spiro atoms. The summed E-state index contributed by atoms with van der Waals surface area (Å²) in [6.45, 7) is 1.83. The molecule has 0 fully saturated rings. The Labute approximate surface area is 148 Å². The molecule has 4 rings (SSSR count). The van der Waals surface area contributed by atoms with Gasteiger partial charge in [0.25, 0.3) is 5.89 Å². The van der Waals surface area contributed by atoms with Crippen LogP contribution >= 0.6 is 0 Å². The van der Waals surface area contributed by atoms with E-state index in [1.54, 1.807) is 23.9 Å². The van der Waals surface area contributed by atoms with Gasteiger partial charge >= 0.3 is 0 Å². The largest absolute Gasteiger partial charge is 0.497 e. The fourth-order valence-electron chi connectivity index (χ4n) is 2.53. The van der Waals surface area contributed by atoms with E-state index in [9.17, 15) is 4.39 Å². The average Bonchev–Trinajstić information content (AvgIpc) is 3.29. The minimum Gasteiger partial charge on any atom is -0.497 e. The Kier molecular flexibility index (Phi) is 3.92. The number of hydrogen-bond donors (Lipinski definition) is 0. The zero-order valence-corrected chi connectivity index (χ0v) is 14.0. The molecule has 2 aromatic carbocycles. The van der Waals surface area contributed by atoms with Crippen LogP contribution in [0.25, 0.3) is 28.7 Å². The molecule has 0 atom stereocenters. The maximum absolute atomic E-state index is 13.1. The van der Waals surface area contributed by atoms with Crippen LogP contribution in [0.5, 0.6) is 5.75 Å². The number of methoxy groups -OCH3 is 1. The maximum atomic E-state index is 13.1. The van der Waals surface area contributed by atoms with Crippen molar-refractivity contribution in [2.75, 3.05) is 7.11 Å². The lowest BCUT2D eigenvalue weighted by Crippen LogP contribution is -1.99. The molecule has 0 radical (unpaired) electrons. The van der Waals surface area contributed by atoms with Gasteiger partial charge in [-0.3, -0.25) is 0 Å². The van der Waals surface area contributed by atoms with Crippen LogP contribution in [0.1, 0.15) is 5.69 Å². The molecule has 2 heterocycles. The van der Waals surface area contributed by atoms with E-state index in [2.05, 4.69) is 20.5 Å². The third-order valence-electron chi connectivity index (χ3n) is 3.94. The Morgan fingerprint density at radius 3 is 2.46 bits per heavy atom. The van der Waals surface area contributed by atoms with Gasteiger partial charge in [-0.15, -0.1) is 5.10 Å². The van der Waals surface area contributed by atoms with E-state index in [1.807, 2.05) is 31.2 Å². The minimum atomic E-state index is -0.312. The van der Waals surface area contributed by atoms with Gasteiger partial charge in [0.15, 0.2) is 5.69 Å². The lowest BCUT2D eigenvalue weighted by Gasteiger charge is -2.02. The van der Waals surface area contributed by atoms with E-state index in [0.29, 0.717) is 22.9 Å². The summed E-state index contributed by atoms with van der Waals surface area (Å²) in [7, 11) is 1.61. The second-order valence-corrected chi connectivity index (χ2v) is 5.56. The van der Waals surface area contributed by atoms with Crippen LogP contribution in [0.4, 0.5) is 4.39 Å². The van der Waals surface area contributed by atoms with Gasteiger partial charge in [-0.25, -0.2) is 9.07 Å². The van der Waals surface area contributed by atoms with Crippen molar-refractivity contribution >= 4 is 0 Å². The van der Waals surface area contributed by atoms with Gasteiger partial charge in [-0.1, -0.05) is 10.4 Å². The van der Waals surface area contributed by atoms with Crippen molar-refractivity contribution in [2.45, 2.75) is 6.92 Å². The van der Waals surface area contributed by atoms with Gasteiger partial charge in [0.2, 0.25) is 5.82 Å². The smallest absolute Gasteiger partial charge is 0.280 e. The van der Waals surface area contributed by atoms with Gasteiger partial charge in [0, 0.05) is 5.56 Å². The zero-order chi connectivity index (χ0) is 18.1. The Hall–Kier alpha value is -3.55. The van der Waals surface area contributed by atoms with Crippen LogP contribution in [-0.4, -0.2) is 32.2 Å². The standard InChI is InChI=1S/C18H14FN5O2/c1-11-16(21-23-24(11)14-7-5-13(19)6-8-14)18-20-17(22-26-18)12-3-9-15(25-2)10-4-12/h3-10H,1-2H3. The molecule has 0 unspecified atom stereocenters. The van der Waals surface area contributed by atoms with Gasteiger partial charge in [-0.2, -0.15) is 4.98 Å². The zero-order valence-electron chi connectivity index (χ0n) is 14.0. The fraction of sp³-hybridized carbons (Fsp3) is 0.111. The first-order chi connectivity index (χ1) is 12.7. The number of ether oxygens (including phenoxy) is 1. The minimum absolute atomic E-state index is 0.265. The average molecular weight is 351 g/mol. The molecule has 0 aliphatic rings. The lowest BCUT2D eigenvalue weighted by atomic mass is 10.2. The molecule has 0 aliphatic carbocycles. The number of hydrogen-bond acceptors (Lipinski definition) is 6. The molecule has 0 saturated heterocycles. The van der Waals surface area contributed by atoms with Crippen LogP contribution in [-0.2, 0) is 0 Å². The maximum Gasteiger partial charge on any atom is 0.280 e. The molecule has 0 N–H and O–H groups in total. The van der Waals surface area contributed by atoms with Crippen molar-refractivity contribution in [1.29, 1.82) is 0 Å². The Bertz CT molecular complexity index is 1040. The van der Waals surface area contributed by atoms with Gasteiger partial charge < -0.3 is 9.26 Å². The van der Waals surface area contributed by atoms with E-state index >= 15 is 0 Å². The quantitative estimate of drug-likeness (QED) is 0.560. The molecular weight excluding hydrogens is 337 g/mol. The molecule has 0 aliphatic heterocycles. The molecule has 0 amide bonds. The summed E-state index contributed by atoms with van der Waals surface area (Å²) in [5.41, 5.74) is 2.67. The molecule has 2 aromatic heterocycles. The first-order valence-electron chi connectivity index (χ1n) is 7.82. The predicted molar refractivity (Wildman–Crippen MR) is 91.3 cm³/mol. The summed E-state index contributed by atoms with van der Waals surface area (Å²) in [5, 5.41) is 12.2. The molecule has 130 valence electrons. The normalized spacial score (nSPS) is 10.9. The van der Waals surface area contributed by atoms with Crippen molar-refractivity contribution < 1.29 is 13.7 Å². The highest BCUT2D eigenvalue weighted by atomic mass is 19.1. The Morgan fingerprint density at radius 1 is 1.04 bits per heavy atom. The summed E-state index contributed by atoms with van der Waals surface area (Å²) in [6.07, 6.45) is 0. The SMILES string of the molecule is COc1ccc(-c2noc(-c3nnn(-c4ccc(F)cc4)c3C)n2)cc1. The van der Waals surface area contributed by atoms with E-state index in [-0.39, 0.29) is 11.7 Å². The third-order valence-corrected chi connectivity index (χ3v) is 3.94. The number of benzene rings is 2. The van der Waals surface area contributed by atoms with E-state index in [1.165, 1.54) is 12.1 Å². The van der Waals surface area contributed by atoms with Gasteiger partial charge in [0.1, 0.15) is 11.6 Å². The number of rotatable bonds is 4. The summed E-state index contributed by atoms with van der Waals surface area (Å²) in [5.74, 6) is 1.14. The highest BCUT2D eigenvalue weighted by Gasteiger charge is 2.19. The monoisotopic (exact) mass is 351 g/mol. The summed E-state index contributed by atoms with van der Waals surface area (Å²) >= 11 is 0. The van der Waals surface area contributed by atoms with Crippen LogP contribution < -0.4 is 4.74 Å². The van der Waals surface area contributed by atoms with Crippen LogP contribution in [0.2, 0.25) is 0 Å². The highest BCUT2D eigenvalue weighted by Crippen LogP contribution is 2.25. The number of halogens is 1. The molecule has 26 heavy (non-hydrogen) atoms. The Balaban J connectivity index is 1.66. The van der Waals surface area contributed by atoms with Gasteiger partial charge in [0.05, 0.1) is 18.5 Å². The first kappa shape index (κ1) is 15.9. The van der Waals surface area contributed by atoms with E-state index in [0.717, 1.165) is 11.3 Å². The second kappa shape index (κ2) is 6.40. The van der Waals surface area contributed by atoms with Crippen molar-refractivity contribution in [2.24, 2.45) is 0 Å². The molecule has 0 saturated carbocycles. The molecule has 0 bridgehead atoms. The number of nitrogens with zero attached hydrogens (tertiary/aromatic N) is 5. The van der Waals surface area contributed by atoms with Crippen LogP contribution in [0.3, 0.4) is 0 Å². The number of aromatic nitrogens is 5. The molecule has 7 nitrogen and oxygen atoms in total. The first-order valence-corrected chi connectivity index (χ1v) is 7.82. The molecule has 8 heteroatoms. The molecule has 4 aromatic rings. The van der Waals surface area contributed by atoms with Crippen molar-refractivity contribution in [3.8, 4) is 34.4 Å². The van der Waals surface area contributed by atoms with Crippen molar-refractivity contribution in [3.63, 3.8) is 0 Å². The van der Waals surface area contributed by atoms with Crippen molar-refractivity contribution in [3.05, 3.63) is 60.0 Å². The summed E-state index contributed by atoms with van der Waals surface area (Å²) in [4.78, 5) is 4.39. The predicted octanol–water partition coefficient (Wildman–Crippen LogP) is 3.44. The Morgan fingerprint density at radius 2 is 1.77 bits per heavy atom. The third kappa shape index (κ3) is 2.81. The van der Waals surface area contributed by atoms with Crippen LogP contribution in [0.15, 0.2) is 53.1 Å². The second-order valence-electron chi connectivity index (χ2n) is 5.56. The van der Waals surface area contributed by atoms with E-state index < -0.39 is 0 Å². The molecular formula is C18H14FN5O2. The summed E-state index contributed by atoms with van der Waals surface area (Å²) in [6, 6.07) is 13.3. The fourth-order valence-corrected chi connectivity index (χ4v) is 2.53. The van der Waals surface area contributed by atoms with Crippen LogP contribution in [0, 0.1) is 12.7 Å². The highest BCUT2D eigenvalue weighted by molar-refractivity contribution is 5.59. The summed E-state index contributed by atoms with van der Waals surface area (Å²) < 4.78 is 25.2. The lowest BCUT2D eigenvalue weighted by molar-refractivity contribution is 0.414. The topological polar surface area (TPSA) is 78.9 Å².